The first-order valence-corrected chi connectivity index (χ1v) is 8.23. The Kier molecular flexibility index (Phi) is 3.53. The normalized spacial score (nSPS) is 11.3. The quantitative estimate of drug-likeness (QED) is 0.428. The van der Waals surface area contributed by atoms with Gasteiger partial charge in [-0.05, 0) is 29.8 Å². The summed E-state index contributed by atoms with van der Waals surface area (Å²) in [5.41, 5.74) is 1.82. The molecule has 0 saturated carbocycles. The number of carboxylic acids is 1. The van der Waals surface area contributed by atoms with Gasteiger partial charge in [0.25, 0.3) is 0 Å². The Balaban J connectivity index is 2.28. The molecule has 4 nitrogen and oxygen atoms in total. The van der Waals surface area contributed by atoms with Crippen molar-refractivity contribution in [1.29, 1.82) is 0 Å². The molecule has 4 heteroatoms. The van der Waals surface area contributed by atoms with Crippen LogP contribution in [0, 0.1) is 0 Å². The lowest BCUT2D eigenvalue weighted by atomic mass is 9.98. The van der Waals surface area contributed by atoms with Gasteiger partial charge in [-0.15, -0.1) is 0 Å². The highest BCUT2D eigenvalue weighted by atomic mass is 16.5. The molecular weight excluding hydrogens is 314 g/mol. The van der Waals surface area contributed by atoms with Gasteiger partial charge in [0.1, 0.15) is 12.8 Å². The van der Waals surface area contributed by atoms with E-state index in [-0.39, 0.29) is 5.56 Å². The Morgan fingerprint density at radius 1 is 1.04 bits per heavy atom. The Bertz CT molecular complexity index is 1150. The number of aromatic nitrogens is 1. The third kappa shape index (κ3) is 2.30. The van der Waals surface area contributed by atoms with Gasteiger partial charge in [0.15, 0.2) is 0 Å². The maximum absolute atomic E-state index is 12.1. The van der Waals surface area contributed by atoms with E-state index in [1.807, 2.05) is 67.1 Å². The molecular formula is C21H17NO3. The molecule has 0 aliphatic heterocycles. The van der Waals surface area contributed by atoms with Gasteiger partial charge in [-0.3, -0.25) is 0 Å². The maximum Gasteiger partial charge on any atom is 0.217 e. The Labute approximate surface area is 144 Å². The number of fused-ring (bicyclic) bond motifs is 3. The van der Waals surface area contributed by atoms with Crippen molar-refractivity contribution in [2.45, 2.75) is 6.92 Å². The van der Waals surface area contributed by atoms with E-state index in [4.69, 9.17) is 4.74 Å². The first-order chi connectivity index (χ1) is 12.1. The molecule has 1 heterocycles. The minimum Gasteiger partial charge on any atom is -0.545 e. The predicted octanol–water partition coefficient (Wildman–Crippen LogP) is 2.73. The smallest absolute Gasteiger partial charge is 0.217 e. The monoisotopic (exact) mass is 331 g/mol. The van der Waals surface area contributed by atoms with Crippen LogP contribution in [-0.2, 0) is 7.05 Å². The number of rotatable bonds is 3. The molecule has 0 fully saturated rings. The zero-order valence-corrected chi connectivity index (χ0v) is 14.1. The number of carbonyl (C=O) groups is 1. The number of carbonyl (C=O) groups excluding carboxylic acids is 1. The van der Waals surface area contributed by atoms with Crippen molar-refractivity contribution in [2.24, 2.45) is 7.05 Å². The highest BCUT2D eigenvalue weighted by molar-refractivity contribution is 6.15. The van der Waals surface area contributed by atoms with Gasteiger partial charge in [-0.25, -0.2) is 0 Å². The first-order valence-electron chi connectivity index (χ1n) is 8.23. The Hall–Kier alpha value is -3.14. The number of pyridine rings is 1. The largest absolute Gasteiger partial charge is 0.545 e. The molecule has 0 bridgehead atoms. The molecule has 0 radical (unpaired) electrons. The average molecular weight is 331 g/mol. The van der Waals surface area contributed by atoms with Crippen molar-refractivity contribution in [1.82, 2.24) is 0 Å². The molecule has 4 aromatic rings. The van der Waals surface area contributed by atoms with Crippen LogP contribution in [0.4, 0.5) is 0 Å². The summed E-state index contributed by atoms with van der Waals surface area (Å²) in [4.78, 5) is 12.1. The zero-order valence-electron chi connectivity index (χ0n) is 14.1. The van der Waals surface area contributed by atoms with Crippen molar-refractivity contribution in [2.75, 3.05) is 6.61 Å². The van der Waals surface area contributed by atoms with Crippen molar-refractivity contribution in [3.05, 3.63) is 60.2 Å². The first kappa shape index (κ1) is 15.4. The second-order valence-electron chi connectivity index (χ2n) is 6.02. The molecule has 25 heavy (non-hydrogen) atoms. The van der Waals surface area contributed by atoms with E-state index in [0.29, 0.717) is 23.1 Å². The lowest BCUT2D eigenvalue weighted by molar-refractivity contribution is -0.617. The molecule has 1 aromatic heterocycles. The van der Waals surface area contributed by atoms with E-state index in [1.165, 1.54) is 0 Å². The van der Waals surface area contributed by atoms with Gasteiger partial charge < -0.3 is 14.6 Å². The highest BCUT2D eigenvalue weighted by Gasteiger charge is 2.22. The van der Waals surface area contributed by atoms with Crippen molar-refractivity contribution < 1.29 is 19.2 Å². The van der Waals surface area contributed by atoms with E-state index in [2.05, 4.69) is 0 Å². The Morgan fingerprint density at radius 3 is 2.44 bits per heavy atom. The molecule has 0 aliphatic carbocycles. The van der Waals surface area contributed by atoms with Crippen LogP contribution in [0.15, 0.2) is 54.6 Å². The third-order valence-corrected chi connectivity index (χ3v) is 4.61. The lowest BCUT2D eigenvalue weighted by Crippen LogP contribution is -2.33. The number of hydrogen-bond acceptors (Lipinski definition) is 3. The SMILES string of the molecule is CCOc1cccc2c1c(C(=O)[O-])c1cc3ccccc3cc1[n+]2C. The summed E-state index contributed by atoms with van der Waals surface area (Å²) in [6, 6.07) is 17.4. The number of aromatic carboxylic acids is 1. The standard InChI is InChI=1S/C21H17NO3/c1-3-25-18-10-6-9-16-20(18)19(21(23)24)15-11-13-7-4-5-8-14(13)12-17(15)22(16)2/h4-12H,3H2,1-2H3. The fourth-order valence-electron chi connectivity index (χ4n) is 3.51. The third-order valence-electron chi connectivity index (χ3n) is 4.61. The van der Waals surface area contributed by atoms with Crippen molar-refractivity contribution in [3.8, 4) is 5.75 Å². The summed E-state index contributed by atoms with van der Waals surface area (Å²) < 4.78 is 7.70. The number of hydrogen-bond donors (Lipinski definition) is 0. The van der Waals surface area contributed by atoms with Gasteiger partial charge >= 0.3 is 0 Å². The minimum absolute atomic E-state index is 0.179. The second-order valence-corrected chi connectivity index (χ2v) is 6.02. The van der Waals surface area contributed by atoms with Crippen LogP contribution in [-0.4, -0.2) is 12.6 Å². The van der Waals surface area contributed by atoms with E-state index in [1.54, 1.807) is 6.07 Å². The number of ether oxygens (including phenoxy) is 1. The summed E-state index contributed by atoms with van der Waals surface area (Å²) in [7, 11) is 1.94. The van der Waals surface area contributed by atoms with Crippen LogP contribution in [0.2, 0.25) is 0 Å². The molecule has 0 amide bonds. The highest BCUT2D eigenvalue weighted by Crippen LogP contribution is 2.33. The molecule has 0 spiro atoms. The van der Waals surface area contributed by atoms with Crippen molar-refractivity contribution in [3.63, 3.8) is 0 Å². The van der Waals surface area contributed by atoms with Crippen LogP contribution in [0.25, 0.3) is 32.6 Å². The molecule has 0 atom stereocenters. The number of benzene rings is 3. The van der Waals surface area contributed by atoms with E-state index in [0.717, 1.165) is 21.8 Å². The molecule has 0 saturated heterocycles. The van der Waals surface area contributed by atoms with E-state index < -0.39 is 5.97 Å². The molecule has 0 N–H and O–H groups in total. The van der Waals surface area contributed by atoms with Crippen LogP contribution < -0.4 is 14.4 Å². The number of aryl methyl sites for hydroxylation is 1. The van der Waals surface area contributed by atoms with Gasteiger partial charge in [-0.2, -0.15) is 4.57 Å². The summed E-state index contributed by atoms with van der Waals surface area (Å²) >= 11 is 0. The predicted molar refractivity (Wildman–Crippen MR) is 95.6 cm³/mol. The number of nitrogens with zero attached hydrogens (tertiary/aromatic N) is 1. The second kappa shape index (κ2) is 5.74. The van der Waals surface area contributed by atoms with Crippen molar-refractivity contribution >= 4 is 38.5 Å². The lowest BCUT2D eigenvalue weighted by Gasteiger charge is -2.14. The summed E-state index contributed by atoms with van der Waals surface area (Å²) in [5, 5.41) is 15.3. The van der Waals surface area contributed by atoms with E-state index >= 15 is 0 Å². The molecule has 4 rings (SSSR count). The molecule has 0 aliphatic rings. The van der Waals surface area contributed by atoms with Gasteiger partial charge in [0, 0.05) is 17.7 Å². The van der Waals surface area contributed by atoms with Gasteiger partial charge in [-0.1, -0.05) is 30.3 Å². The zero-order chi connectivity index (χ0) is 17.6. The molecule has 124 valence electrons. The topological polar surface area (TPSA) is 53.2 Å². The fraction of sp³-hybridized carbons (Fsp3) is 0.143. The molecule has 3 aromatic carbocycles. The molecule has 0 unspecified atom stereocenters. The number of carboxylic acid groups (broad SMARTS) is 1. The van der Waals surface area contributed by atoms with E-state index in [9.17, 15) is 9.90 Å². The Morgan fingerprint density at radius 2 is 1.76 bits per heavy atom. The van der Waals surface area contributed by atoms with Crippen LogP contribution in [0.3, 0.4) is 0 Å². The van der Waals surface area contributed by atoms with Crippen LogP contribution in [0.5, 0.6) is 5.75 Å². The summed E-state index contributed by atoms with van der Waals surface area (Å²) in [6.07, 6.45) is 0. The fourth-order valence-corrected chi connectivity index (χ4v) is 3.51. The summed E-state index contributed by atoms with van der Waals surface area (Å²) in [6.45, 7) is 2.34. The van der Waals surface area contributed by atoms with Crippen LogP contribution >= 0.6 is 0 Å². The minimum atomic E-state index is -1.20. The van der Waals surface area contributed by atoms with Gasteiger partial charge in [0.05, 0.1) is 23.3 Å². The maximum atomic E-state index is 12.1. The average Bonchev–Trinajstić information content (AvgIpc) is 2.61. The summed E-state index contributed by atoms with van der Waals surface area (Å²) in [5.74, 6) is -0.636. The van der Waals surface area contributed by atoms with Crippen LogP contribution in [0.1, 0.15) is 17.3 Å². The van der Waals surface area contributed by atoms with Gasteiger partial charge in [0.2, 0.25) is 11.0 Å².